The Hall–Kier alpha value is -3.32. The van der Waals surface area contributed by atoms with Gasteiger partial charge < -0.3 is 4.90 Å². The smallest absolute Gasteiger partial charge is 0.177 e. The molecule has 0 bridgehead atoms. The van der Waals surface area contributed by atoms with E-state index in [0.717, 1.165) is 51.7 Å². The molecule has 1 aliphatic rings. The number of nitrogens with zero attached hydrogens (tertiary/aromatic N) is 5. The third-order valence-corrected chi connectivity index (χ3v) is 8.29. The van der Waals surface area contributed by atoms with E-state index in [4.69, 9.17) is 0 Å². The molecule has 186 valence electrons. The van der Waals surface area contributed by atoms with Crippen LogP contribution in [0.4, 0.5) is 5.69 Å². The molecule has 0 aliphatic carbocycles. The van der Waals surface area contributed by atoms with Crippen molar-refractivity contribution in [3.63, 3.8) is 0 Å². The van der Waals surface area contributed by atoms with E-state index in [0.29, 0.717) is 6.42 Å². The van der Waals surface area contributed by atoms with Crippen molar-refractivity contribution < 1.29 is 4.79 Å². The maximum atomic E-state index is 13.0. The number of ketones is 1. The van der Waals surface area contributed by atoms with Crippen molar-refractivity contribution in [1.29, 1.82) is 0 Å². The van der Waals surface area contributed by atoms with Crippen molar-refractivity contribution in [2.45, 2.75) is 58.8 Å². The molecule has 1 fully saturated rings. The second-order valence-corrected chi connectivity index (χ2v) is 11.7. The minimum absolute atomic E-state index is 0.0494. The van der Waals surface area contributed by atoms with Crippen molar-refractivity contribution in [2.24, 2.45) is 0 Å². The monoisotopic (exact) mass is 499 g/mol. The predicted octanol–water partition coefficient (Wildman–Crippen LogP) is 6.41. The topological polar surface area (TPSA) is 63.9 Å². The Morgan fingerprint density at radius 1 is 1.03 bits per heavy atom. The first-order valence-corrected chi connectivity index (χ1v) is 13.5. The maximum absolute atomic E-state index is 13.0. The zero-order valence-electron chi connectivity index (χ0n) is 21.5. The molecule has 5 rings (SSSR count). The van der Waals surface area contributed by atoms with Gasteiger partial charge in [-0.05, 0) is 67.0 Å². The highest BCUT2D eigenvalue weighted by molar-refractivity contribution is 7.14. The quantitative estimate of drug-likeness (QED) is 0.287. The summed E-state index contributed by atoms with van der Waals surface area (Å²) < 4.78 is 1.80. The van der Waals surface area contributed by atoms with Gasteiger partial charge in [-0.2, -0.15) is 0 Å². The summed E-state index contributed by atoms with van der Waals surface area (Å²) in [5.74, 6) is 0.144. The normalized spacial score (nSPS) is 14.3. The van der Waals surface area contributed by atoms with Crippen LogP contribution in [0.25, 0.3) is 16.9 Å². The molecular formula is C29H33N5OS. The molecule has 0 radical (unpaired) electrons. The van der Waals surface area contributed by atoms with E-state index in [2.05, 4.69) is 60.0 Å². The first-order chi connectivity index (χ1) is 17.3. The van der Waals surface area contributed by atoms with Crippen LogP contribution in [0.5, 0.6) is 0 Å². The number of piperidine rings is 1. The van der Waals surface area contributed by atoms with E-state index >= 15 is 0 Å². The van der Waals surface area contributed by atoms with Gasteiger partial charge in [-0.3, -0.25) is 9.78 Å². The van der Waals surface area contributed by atoms with Gasteiger partial charge in [-0.1, -0.05) is 38.1 Å². The van der Waals surface area contributed by atoms with Crippen LogP contribution in [0.1, 0.15) is 65.7 Å². The number of hydrogen-bond acceptors (Lipinski definition) is 6. The molecular weight excluding hydrogens is 466 g/mol. The fourth-order valence-corrected chi connectivity index (χ4v) is 5.58. The highest BCUT2D eigenvalue weighted by atomic mass is 32.1. The van der Waals surface area contributed by atoms with Gasteiger partial charge in [0.1, 0.15) is 5.69 Å². The molecule has 0 N–H and O–H groups in total. The van der Waals surface area contributed by atoms with Crippen LogP contribution in [0.3, 0.4) is 0 Å². The van der Waals surface area contributed by atoms with Crippen molar-refractivity contribution in [3.8, 4) is 16.9 Å². The molecule has 7 heteroatoms. The third kappa shape index (κ3) is 5.26. The Morgan fingerprint density at radius 2 is 1.83 bits per heavy atom. The molecule has 1 aromatic carbocycles. The Morgan fingerprint density at radius 3 is 2.58 bits per heavy atom. The van der Waals surface area contributed by atoms with E-state index in [1.165, 1.54) is 24.1 Å². The molecule has 0 amide bonds. The maximum Gasteiger partial charge on any atom is 0.177 e. The summed E-state index contributed by atoms with van der Waals surface area (Å²) in [4.78, 5) is 21.9. The number of aryl methyl sites for hydroxylation is 1. The van der Waals surface area contributed by atoms with Gasteiger partial charge in [0.15, 0.2) is 5.78 Å². The van der Waals surface area contributed by atoms with Gasteiger partial charge in [0.25, 0.3) is 0 Å². The Kier molecular flexibility index (Phi) is 6.75. The number of thiophene rings is 1. The minimum Gasteiger partial charge on any atom is -0.370 e. The molecule has 1 aliphatic heterocycles. The number of benzene rings is 1. The predicted molar refractivity (Wildman–Crippen MR) is 146 cm³/mol. The summed E-state index contributed by atoms with van der Waals surface area (Å²) in [6, 6.07) is 12.3. The second-order valence-electron chi connectivity index (χ2n) is 10.7. The lowest BCUT2D eigenvalue weighted by Gasteiger charge is -2.28. The summed E-state index contributed by atoms with van der Waals surface area (Å²) in [7, 11) is 0. The molecule has 1 saturated heterocycles. The lowest BCUT2D eigenvalue weighted by atomic mass is 9.95. The number of anilines is 1. The van der Waals surface area contributed by atoms with Gasteiger partial charge in [-0.25, -0.2) is 4.68 Å². The third-order valence-electron chi connectivity index (χ3n) is 6.74. The van der Waals surface area contributed by atoms with Gasteiger partial charge in [0, 0.05) is 36.1 Å². The van der Waals surface area contributed by atoms with Crippen molar-refractivity contribution in [3.05, 3.63) is 75.9 Å². The Labute approximate surface area is 217 Å². The molecule has 36 heavy (non-hydrogen) atoms. The van der Waals surface area contributed by atoms with Gasteiger partial charge in [0.2, 0.25) is 0 Å². The average Bonchev–Trinajstić information content (AvgIpc) is 3.57. The van der Waals surface area contributed by atoms with Crippen LogP contribution >= 0.6 is 11.3 Å². The van der Waals surface area contributed by atoms with Crippen molar-refractivity contribution in [2.75, 3.05) is 18.0 Å². The van der Waals surface area contributed by atoms with Crippen LogP contribution in [-0.2, 0) is 11.8 Å². The highest BCUT2D eigenvalue weighted by Crippen LogP contribution is 2.30. The number of pyridine rings is 1. The Bertz CT molecular complexity index is 1370. The molecule has 0 saturated carbocycles. The van der Waals surface area contributed by atoms with Gasteiger partial charge >= 0.3 is 0 Å². The number of carbonyl (C=O) groups is 1. The van der Waals surface area contributed by atoms with Crippen LogP contribution in [0.2, 0.25) is 0 Å². The van der Waals surface area contributed by atoms with Gasteiger partial charge in [-0.15, -0.1) is 16.4 Å². The van der Waals surface area contributed by atoms with Crippen molar-refractivity contribution >= 4 is 22.8 Å². The summed E-state index contributed by atoms with van der Waals surface area (Å²) >= 11 is 1.60. The number of hydrogen-bond donors (Lipinski definition) is 0. The molecule has 4 heterocycles. The first-order valence-electron chi connectivity index (χ1n) is 12.6. The van der Waals surface area contributed by atoms with Crippen LogP contribution < -0.4 is 4.90 Å². The molecule has 0 spiro atoms. The summed E-state index contributed by atoms with van der Waals surface area (Å²) in [6.07, 6.45) is 9.83. The average molecular weight is 500 g/mol. The van der Waals surface area contributed by atoms with E-state index in [-0.39, 0.29) is 11.2 Å². The van der Waals surface area contributed by atoms with E-state index < -0.39 is 0 Å². The van der Waals surface area contributed by atoms with E-state index in [1.807, 2.05) is 42.9 Å². The number of aromatic nitrogens is 4. The fourth-order valence-electron chi connectivity index (χ4n) is 4.58. The lowest BCUT2D eigenvalue weighted by molar-refractivity contribution is 0.0997. The summed E-state index contributed by atoms with van der Waals surface area (Å²) in [5, 5.41) is 8.86. The SMILES string of the molecule is Cc1ccc(CC(=O)c2ccc(C(C)(C)C)s2)cc1-n1cc(-c2cncc(N3CCCCC3)c2)nn1. The zero-order valence-corrected chi connectivity index (χ0v) is 22.3. The standard InChI is InChI=1S/C29H33N5OS/c1-20-8-9-21(15-26(35)27-10-11-28(36-27)29(2,3)4)14-25(20)34-19-24(31-32-34)22-16-23(18-30-17-22)33-12-6-5-7-13-33/h8-11,14,16-19H,5-7,12-13,15H2,1-4H3. The van der Waals surface area contributed by atoms with Crippen LogP contribution in [0.15, 0.2) is 55.0 Å². The van der Waals surface area contributed by atoms with Crippen LogP contribution in [0, 0.1) is 6.92 Å². The van der Waals surface area contributed by atoms with Gasteiger partial charge in [0.05, 0.1) is 28.6 Å². The zero-order chi connectivity index (χ0) is 25.3. The number of rotatable bonds is 6. The summed E-state index contributed by atoms with van der Waals surface area (Å²) in [6.45, 7) is 10.7. The minimum atomic E-state index is 0.0494. The number of Topliss-reactive ketones (excluding diaryl/α,β-unsaturated/α-hetero) is 1. The molecule has 6 nitrogen and oxygen atoms in total. The van der Waals surface area contributed by atoms with E-state index in [9.17, 15) is 4.79 Å². The molecule has 0 unspecified atom stereocenters. The lowest BCUT2D eigenvalue weighted by Crippen LogP contribution is -2.29. The summed E-state index contributed by atoms with van der Waals surface area (Å²) in [5.41, 5.74) is 5.91. The highest BCUT2D eigenvalue weighted by Gasteiger charge is 2.19. The van der Waals surface area contributed by atoms with Crippen molar-refractivity contribution in [1.82, 2.24) is 20.0 Å². The van der Waals surface area contributed by atoms with Crippen LogP contribution in [-0.4, -0.2) is 38.9 Å². The Balaban J connectivity index is 1.36. The fraction of sp³-hybridized carbons (Fsp3) is 0.379. The second kappa shape index (κ2) is 9.97. The largest absolute Gasteiger partial charge is 0.370 e. The molecule has 4 aromatic rings. The molecule has 0 atom stereocenters. The number of carbonyl (C=O) groups excluding carboxylic acids is 1. The molecule has 3 aromatic heterocycles. The van der Waals surface area contributed by atoms with E-state index in [1.54, 1.807) is 16.0 Å². The first kappa shape index (κ1) is 24.4.